The molecular formula is C9H14NOW5-. The third-order valence-corrected chi connectivity index (χ3v) is 1.49. The van der Waals surface area contributed by atoms with Crippen molar-refractivity contribution in [1.29, 1.82) is 0 Å². The van der Waals surface area contributed by atoms with E-state index in [1.807, 2.05) is 12.1 Å². The Morgan fingerprint density at radius 1 is 0.938 bits per heavy atom. The third kappa shape index (κ3) is 14.5. The first kappa shape index (κ1) is 36.2. The minimum Gasteiger partial charge on any atom is -0.619 e. The summed E-state index contributed by atoms with van der Waals surface area (Å²) in [6.07, 6.45) is 3.05. The van der Waals surface area contributed by atoms with Gasteiger partial charge in [-0.05, 0) is 11.5 Å². The molecule has 0 bridgehead atoms. The summed E-state index contributed by atoms with van der Waals surface area (Å²) in [6.45, 7) is 4.20. The first-order valence-corrected chi connectivity index (χ1v) is 3.39. The van der Waals surface area contributed by atoms with E-state index in [4.69, 9.17) is 0 Å². The zero-order valence-corrected chi connectivity index (χ0v) is 24.0. The number of rotatable bonds is 1. The van der Waals surface area contributed by atoms with E-state index in [1.165, 1.54) is 18.0 Å². The second-order valence-corrected chi connectivity index (χ2v) is 2.65. The summed E-state index contributed by atoms with van der Waals surface area (Å²) in [5.41, 5.74) is 1.20. The van der Waals surface area contributed by atoms with Gasteiger partial charge in [0.25, 0.3) is 0 Å². The Hall–Kier alpha value is 2.39. The zero-order chi connectivity index (χ0) is 7.56. The molecule has 0 aliphatic heterocycles. The molecule has 7 heteroatoms. The minimum absolute atomic E-state index is 0. The second-order valence-electron chi connectivity index (χ2n) is 2.65. The van der Waals surface area contributed by atoms with Gasteiger partial charge in [-0.3, -0.25) is 0 Å². The summed E-state index contributed by atoms with van der Waals surface area (Å²) in [7, 11) is 0. The molecule has 1 rings (SSSR count). The number of hydrogen-bond donors (Lipinski definition) is 0. The topological polar surface area (TPSA) is 26.9 Å². The normalized spacial score (nSPS) is 6.44. The largest absolute Gasteiger partial charge is 0.619 e. The van der Waals surface area contributed by atoms with Gasteiger partial charge < -0.3 is 12.6 Å². The molecule has 0 saturated heterocycles. The van der Waals surface area contributed by atoms with Gasteiger partial charge in [-0.1, -0.05) is 13.8 Å². The number of hydrogen-bond acceptors (Lipinski definition) is 1. The van der Waals surface area contributed by atoms with E-state index in [1.54, 1.807) is 0 Å². The minimum atomic E-state index is 0. The van der Waals surface area contributed by atoms with E-state index in [9.17, 15) is 5.21 Å². The van der Waals surface area contributed by atoms with Crippen LogP contribution in [0.25, 0.3) is 0 Å². The Kier molecular flexibility index (Phi) is 44.7. The van der Waals surface area contributed by atoms with Crippen molar-refractivity contribution in [3.05, 3.63) is 42.7 Å². The summed E-state index contributed by atoms with van der Waals surface area (Å²) in [5, 5.41) is 10.6. The number of pyridine rings is 1. The molecule has 0 aliphatic rings. The van der Waals surface area contributed by atoms with Crippen molar-refractivity contribution in [3.8, 4) is 0 Å². The number of nitrogens with zero attached hydrogens (tertiary/aromatic N) is 1. The van der Waals surface area contributed by atoms with Crippen molar-refractivity contribution in [2.45, 2.75) is 19.8 Å². The Bertz CT molecular complexity index is 218. The Labute approximate surface area is 170 Å². The van der Waals surface area contributed by atoms with Crippen molar-refractivity contribution in [1.82, 2.24) is 0 Å². The molecule has 0 saturated carbocycles. The van der Waals surface area contributed by atoms with Gasteiger partial charge in [0.2, 0.25) is 0 Å². The summed E-state index contributed by atoms with van der Waals surface area (Å²) >= 11 is 0. The quantitative estimate of drug-likeness (QED) is 0.240. The maximum Gasteiger partial charge on any atom is 0.180 e. The van der Waals surface area contributed by atoms with Crippen LogP contribution in [0.1, 0.15) is 25.3 Å². The van der Waals surface area contributed by atoms with Crippen LogP contribution in [0, 0.1) is 12.6 Å². The third-order valence-electron chi connectivity index (χ3n) is 1.49. The molecule has 2 nitrogen and oxygen atoms in total. The molecule has 92 valence electrons. The standard InChI is InChI=1S/C8H11NO.CH3.5W/c1-7(2)8-3-5-9(10)6-4-8;;;;;;/h3-7H,1-2H3;1H3;;;;;/q;-1;;;;;. The van der Waals surface area contributed by atoms with E-state index in [-0.39, 0.29) is 113 Å². The molecule has 0 fully saturated rings. The predicted octanol–water partition coefficient (Wildman–Crippen LogP) is 1.88. The van der Waals surface area contributed by atoms with E-state index in [2.05, 4.69) is 13.8 Å². The first-order chi connectivity index (χ1) is 4.70. The molecule has 1 aromatic heterocycles. The molecule has 1 heterocycles. The average Bonchev–Trinajstić information content (AvgIpc) is 1.88. The van der Waals surface area contributed by atoms with Crippen LogP contribution in [0.5, 0.6) is 0 Å². The van der Waals surface area contributed by atoms with Crippen LogP contribution in [-0.4, -0.2) is 0 Å². The second kappa shape index (κ2) is 19.7. The first-order valence-electron chi connectivity index (χ1n) is 3.39. The van der Waals surface area contributed by atoms with Gasteiger partial charge in [0.1, 0.15) is 0 Å². The van der Waals surface area contributed by atoms with Crippen LogP contribution in [0.2, 0.25) is 0 Å². The molecule has 0 N–H and O–H groups in total. The van der Waals surface area contributed by atoms with Gasteiger partial charge >= 0.3 is 0 Å². The Morgan fingerprint density at radius 2 is 1.25 bits per heavy atom. The van der Waals surface area contributed by atoms with Gasteiger partial charge in [-0.2, -0.15) is 4.73 Å². The SMILES string of the molecule is CC(C)c1cc[n+]([O-])cc1.[CH3-].[W].[W].[W].[W].[W]. The van der Waals surface area contributed by atoms with Crippen LogP contribution >= 0.6 is 0 Å². The average molecular weight is 1070 g/mol. The summed E-state index contributed by atoms with van der Waals surface area (Å²) in [4.78, 5) is 0. The van der Waals surface area contributed by atoms with Gasteiger partial charge in [0.15, 0.2) is 12.4 Å². The molecular weight excluding hydrogens is 1060 g/mol. The van der Waals surface area contributed by atoms with Crippen molar-refractivity contribution in [3.63, 3.8) is 0 Å². The van der Waals surface area contributed by atoms with E-state index < -0.39 is 0 Å². The van der Waals surface area contributed by atoms with Crippen LogP contribution in [-0.2, 0) is 105 Å². The van der Waals surface area contributed by atoms with Crippen molar-refractivity contribution in [2.24, 2.45) is 0 Å². The summed E-state index contributed by atoms with van der Waals surface area (Å²) < 4.78 is 0.798. The Balaban J connectivity index is -0.0000000417. The number of aromatic nitrogens is 1. The van der Waals surface area contributed by atoms with Crippen molar-refractivity contribution in [2.75, 3.05) is 0 Å². The van der Waals surface area contributed by atoms with Gasteiger partial charge in [-0.25, -0.2) is 0 Å². The molecule has 0 radical (unpaired) electrons. The molecule has 16 heavy (non-hydrogen) atoms. The maximum absolute atomic E-state index is 10.6. The summed E-state index contributed by atoms with van der Waals surface area (Å²) in [5.74, 6) is 0.501. The van der Waals surface area contributed by atoms with Crippen molar-refractivity contribution < 1.29 is 110 Å². The summed E-state index contributed by atoms with van der Waals surface area (Å²) in [6, 6.07) is 3.69. The molecule has 0 aromatic carbocycles. The van der Waals surface area contributed by atoms with Crippen LogP contribution in [0.15, 0.2) is 24.5 Å². The molecule has 0 amide bonds. The molecule has 1 aromatic rings. The molecule has 0 unspecified atom stereocenters. The van der Waals surface area contributed by atoms with E-state index in [0.717, 1.165) is 4.73 Å². The fraction of sp³-hybridized carbons (Fsp3) is 0.333. The predicted molar refractivity (Wildman–Crippen MR) is 45.9 cm³/mol. The maximum atomic E-state index is 10.6. The zero-order valence-electron chi connectivity index (χ0n) is 9.28. The molecule has 0 aliphatic carbocycles. The fourth-order valence-corrected chi connectivity index (χ4v) is 0.809. The van der Waals surface area contributed by atoms with Crippen molar-refractivity contribution >= 4 is 0 Å². The van der Waals surface area contributed by atoms with Gasteiger partial charge in [0.05, 0.1) is 0 Å². The monoisotopic (exact) mass is 1070 g/mol. The van der Waals surface area contributed by atoms with E-state index >= 15 is 0 Å². The van der Waals surface area contributed by atoms with Crippen LogP contribution in [0.3, 0.4) is 0 Å². The fourth-order valence-electron chi connectivity index (χ4n) is 0.809. The van der Waals surface area contributed by atoms with Gasteiger partial charge in [-0.15, -0.1) is 0 Å². The Morgan fingerprint density at radius 3 is 1.50 bits per heavy atom. The molecule has 0 atom stereocenters. The van der Waals surface area contributed by atoms with Gasteiger partial charge in [0, 0.05) is 117 Å². The van der Waals surface area contributed by atoms with Crippen LogP contribution < -0.4 is 4.73 Å². The molecule has 0 spiro atoms. The smallest absolute Gasteiger partial charge is 0.180 e. The van der Waals surface area contributed by atoms with Crippen LogP contribution in [0.4, 0.5) is 0 Å². The van der Waals surface area contributed by atoms with E-state index in [0.29, 0.717) is 5.92 Å².